The van der Waals surface area contributed by atoms with E-state index in [-0.39, 0.29) is 24.0 Å². The Morgan fingerprint density at radius 1 is 1.19 bits per heavy atom. The Bertz CT molecular complexity index is 309. The minimum absolute atomic E-state index is 0. The average molecular weight is 408 g/mol. The van der Waals surface area contributed by atoms with E-state index in [0.717, 1.165) is 57.2 Å². The monoisotopic (exact) mass is 408 g/mol. The zero-order chi connectivity index (χ0) is 14.4. The maximum absolute atomic E-state index is 4.85. The van der Waals surface area contributed by atoms with E-state index >= 15 is 0 Å². The van der Waals surface area contributed by atoms with Crippen molar-refractivity contribution in [2.75, 3.05) is 39.3 Å². The number of rotatable bonds is 6. The van der Waals surface area contributed by atoms with Gasteiger partial charge >= 0.3 is 0 Å². The van der Waals surface area contributed by atoms with E-state index in [2.05, 4.69) is 35.9 Å². The van der Waals surface area contributed by atoms with Crippen LogP contribution < -0.4 is 5.32 Å². The van der Waals surface area contributed by atoms with E-state index in [1.54, 1.807) is 0 Å². The molecule has 4 nitrogen and oxygen atoms in total. The minimum atomic E-state index is 0. The van der Waals surface area contributed by atoms with Crippen molar-refractivity contribution in [1.29, 1.82) is 0 Å². The zero-order valence-electron chi connectivity index (χ0n) is 14.0. The first-order valence-electron chi connectivity index (χ1n) is 8.51. The molecule has 1 saturated carbocycles. The van der Waals surface area contributed by atoms with Crippen LogP contribution in [-0.4, -0.2) is 61.1 Å². The van der Waals surface area contributed by atoms with E-state index in [1.165, 1.54) is 25.7 Å². The van der Waals surface area contributed by atoms with Gasteiger partial charge in [-0.3, -0.25) is 9.89 Å². The van der Waals surface area contributed by atoms with Crippen LogP contribution in [0.15, 0.2) is 4.99 Å². The van der Waals surface area contributed by atoms with Crippen LogP contribution in [-0.2, 0) is 0 Å². The topological polar surface area (TPSA) is 30.9 Å². The van der Waals surface area contributed by atoms with E-state index in [0.29, 0.717) is 0 Å². The van der Waals surface area contributed by atoms with Gasteiger partial charge in [-0.05, 0) is 45.1 Å². The number of piperidine rings is 1. The van der Waals surface area contributed by atoms with Crippen molar-refractivity contribution in [2.24, 2.45) is 10.9 Å². The summed E-state index contributed by atoms with van der Waals surface area (Å²) in [6, 6.07) is 0.855. The highest BCUT2D eigenvalue weighted by Gasteiger charge is 2.27. The summed E-state index contributed by atoms with van der Waals surface area (Å²) in [5.41, 5.74) is 0. The van der Waals surface area contributed by atoms with Gasteiger partial charge < -0.3 is 10.2 Å². The quantitative estimate of drug-likeness (QED) is 0.417. The molecule has 0 spiro atoms. The Hall–Kier alpha value is -0.0400. The van der Waals surface area contributed by atoms with Gasteiger partial charge in [-0.15, -0.1) is 24.0 Å². The van der Waals surface area contributed by atoms with Crippen molar-refractivity contribution in [1.82, 2.24) is 15.1 Å². The highest BCUT2D eigenvalue weighted by atomic mass is 127. The van der Waals surface area contributed by atoms with Crippen molar-refractivity contribution in [3.63, 3.8) is 0 Å². The lowest BCUT2D eigenvalue weighted by Gasteiger charge is -2.33. The molecule has 2 fully saturated rings. The maximum atomic E-state index is 4.85. The summed E-state index contributed by atoms with van der Waals surface area (Å²) in [5.74, 6) is 2.01. The number of likely N-dealkylation sites (tertiary alicyclic amines) is 1. The standard InChI is InChI=1S/C16H32N4.HI/c1-4-17-16(20-11-8-14(3)9-12-20)18-10-13-19(5-2)15-6-7-15;/h14-15H,4-13H2,1-3H3,(H,17,18);1H. The SMILES string of the molecule is CCNC(=NCCN(CC)C1CC1)N1CCC(C)CC1.I. The third kappa shape index (κ3) is 6.30. The van der Waals surface area contributed by atoms with Crippen molar-refractivity contribution in [3.8, 4) is 0 Å². The molecule has 0 aromatic heterocycles. The third-order valence-corrected chi connectivity index (χ3v) is 4.54. The van der Waals surface area contributed by atoms with E-state index in [4.69, 9.17) is 4.99 Å². The minimum Gasteiger partial charge on any atom is -0.357 e. The smallest absolute Gasteiger partial charge is 0.193 e. The normalized spacial score (nSPS) is 20.6. The zero-order valence-corrected chi connectivity index (χ0v) is 16.3. The van der Waals surface area contributed by atoms with Crippen molar-refractivity contribution in [3.05, 3.63) is 0 Å². The Morgan fingerprint density at radius 3 is 2.38 bits per heavy atom. The van der Waals surface area contributed by atoms with Crippen LogP contribution in [0.1, 0.15) is 46.5 Å². The lowest BCUT2D eigenvalue weighted by Crippen LogP contribution is -2.45. The van der Waals surface area contributed by atoms with Crippen LogP contribution in [0.3, 0.4) is 0 Å². The Kier molecular flexibility index (Phi) is 8.94. The van der Waals surface area contributed by atoms with Crippen molar-refractivity contribution in [2.45, 2.75) is 52.5 Å². The largest absolute Gasteiger partial charge is 0.357 e. The second kappa shape index (κ2) is 9.87. The van der Waals surface area contributed by atoms with E-state index < -0.39 is 0 Å². The number of guanidine groups is 1. The van der Waals surface area contributed by atoms with Gasteiger partial charge in [0.1, 0.15) is 0 Å². The molecule has 1 heterocycles. The summed E-state index contributed by atoms with van der Waals surface area (Å²) >= 11 is 0. The number of nitrogens with one attached hydrogen (secondary N) is 1. The predicted molar refractivity (Wildman–Crippen MR) is 102 cm³/mol. The molecule has 1 N–H and O–H groups in total. The first kappa shape index (κ1) is 19.0. The van der Waals surface area contributed by atoms with Crippen molar-refractivity contribution < 1.29 is 0 Å². The predicted octanol–water partition coefficient (Wildman–Crippen LogP) is 2.79. The molecule has 21 heavy (non-hydrogen) atoms. The van der Waals surface area contributed by atoms with Crippen LogP contribution in [0.5, 0.6) is 0 Å². The van der Waals surface area contributed by atoms with Gasteiger partial charge in [-0.1, -0.05) is 13.8 Å². The highest BCUT2D eigenvalue weighted by molar-refractivity contribution is 14.0. The number of hydrogen-bond donors (Lipinski definition) is 1. The summed E-state index contributed by atoms with van der Waals surface area (Å²) in [4.78, 5) is 9.87. The molecule has 0 bridgehead atoms. The molecule has 5 heteroatoms. The first-order chi connectivity index (χ1) is 9.74. The molecule has 0 aromatic rings. The fraction of sp³-hybridized carbons (Fsp3) is 0.938. The van der Waals surface area contributed by atoms with Gasteiger partial charge in [0.15, 0.2) is 5.96 Å². The number of halogens is 1. The fourth-order valence-electron chi connectivity index (χ4n) is 2.97. The lowest BCUT2D eigenvalue weighted by molar-refractivity contribution is 0.269. The number of aliphatic imine (C=N–C) groups is 1. The molecular formula is C16H33IN4. The summed E-state index contributed by atoms with van der Waals surface area (Å²) in [5, 5.41) is 3.46. The molecule has 1 saturated heterocycles. The Balaban J connectivity index is 0.00000220. The maximum Gasteiger partial charge on any atom is 0.193 e. The van der Waals surface area contributed by atoms with Gasteiger partial charge in [0.2, 0.25) is 0 Å². The molecular weight excluding hydrogens is 375 g/mol. The second-order valence-corrected chi connectivity index (χ2v) is 6.26. The Labute approximate surface area is 147 Å². The summed E-state index contributed by atoms with van der Waals surface area (Å²) in [7, 11) is 0. The molecule has 2 rings (SSSR count). The number of hydrogen-bond acceptors (Lipinski definition) is 2. The molecule has 0 radical (unpaired) electrons. The van der Waals surface area contributed by atoms with E-state index in [1.807, 2.05) is 0 Å². The number of nitrogens with zero attached hydrogens (tertiary/aromatic N) is 3. The molecule has 124 valence electrons. The summed E-state index contributed by atoms with van der Waals surface area (Å²) in [6.07, 6.45) is 5.38. The van der Waals surface area contributed by atoms with Gasteiger partial charge in [-0.25, -0.2) is 0 Å². The van der Waals surface area contributed by atoms with Gasteiger partial charge in [0.25, 0.3) is 0 Å². The average Bonchev–Trinajstić information content (AvgIpc) is 3.28. The molecule has 0 aromatic carbocycles. The summed E-state index contributed by atoms with van der Waals surface area (Å²) < 4.78 is 0. The third-order valence-electron chi connectivity index (χ3n) is 4.54. The molecule has 0 unspecified atom stereocenters. The van der Waals surface area contributed by atoms with E-state index in [9.17, 15) is 0 Å². The Morgan fingerprint density at radius 2 is 1.86 bits per heavy atom. The van der Waals surface area contributed by atoms with Crippen LogP contribution in [0.25, 0.3) is 0 Å². The number of likely N-dealkylation sites (N-methyl/N-ethyl adjacent to an activating group) is 1. The summed E-state index contributed by atoms with van der Waals surface area (Å²) in [6.45, 7) is 13.3. The fourth-order valence-corrected chi connectivity index (χ4v) is 2.97. The van der Waals surface area contributed by atoms with Gasteiger partial charge in [0.05, 0.1) is 6.54 Å². The van der Waals surface area contributed by atoms with Crippen LogP contribution >= 0.6 is 24.0 Å². The van der Waals surface area contributed by atoms with Crippen LogP contribution in [0.4, 0.5) is 0 Å². The molecule has 1 aliphatic carbocycles. The van der Waals surface area contributed by atoms with Crippen LogP contribution in [0.2, 0.25) is 0 Å². The van der Waals surface area contributed by atoms with Crippen molar-refractivity contribution >= 4 is 29.9 Å². The van der Waals surface area contributed by atoms with Crippen LogP contribution in [0, 0.1) is 5.92 Å². The molecule has 2 aliphatic rings. The molecule has 1 aliphatic heterocycles. The lowest BCUT2D eigenvalue weighted by atomic mass is 10.00. The first-order valence-corrected chi connectivity index (χ1v) is 8.51. The molecule has 0 atom stereocenters. The van der Waals surface area contributed by atoms with Gasteiger partial charge in [-0.2, -0.15) is 0 Å². The second-order valence-electron chi connectivity index (χ2n) is 6.26. The molecule has 0 amide bonds. The van der Waals surface area contributed by atoms with Gasteiger partial charge in [0, 0.05) is 32.2 Å². The highest BCUT2D eigenvalue weighted by Crippen LogP contribution is 2.26.